The molecule has 1 aromatic heterocycles. The first kappa shape index (κ1) is 16.7. The van der Waals surface area contributed by atoms with Gasteiger partial charge in [0.25, 0.3) is 0 Å². The lowest BCUT2D eigenvalue weighted by Gasteiger charge is -2.61. The largest absolute Gasteiger partial charge is 0.446 e. The third-order valence-corrected chi connectivity index (χ3v) is 6.28. The minimum Gasteiger partial charge on any atom is -0.446 e. The summed E-state index contributed by atoms with van der Waals surface area (Å²) in [7, 11) is 0. The number of amides is 1. The molecule has 3 atom stereocenters. The van der Waals surface area contributed by atoms with E-state index in [1.807, 2.05) is 10.7 Å². The van der Waals surface area contributed by atoms with Crippen LogP contribution in [0.2, 0.25) is 0 Å². The zero-order valence-corrected chi connectivity index (χ0v) is 15.7. The van der Waals surface area contributed by atoms with Crippen molar-refractivity contribution in [2.75, 3.05) is 5.73 Å². The van der Waals surface area contributed by atoms with Crippen molar-refractivity contribution < 1.29 is 9.53 Å². The van der Waals surface area contributed by atoms with E-state index < -0.39 is 0 Å². The van der Waals surface area contributed by atoms with Gasteiger partial charge in [-0.05, 0) is 64.7 Å². The highest BCUT2D eigenvalue weighted by Gasteiger charge is 2.57. The number of hydrogen-bond donors (Lipinski definition) is 2. The second-order valence-electron chi connectivity index (χ2n) is 9.55. The van der Waals surface area contributed by atoms with Gasteiger partial charge in [0, 0.05) is 17.5 Å². The van der Waals surface area contributed by atoms with Crippen LogP contribution in [0.3, 0.4) is 0 Å². The topological polar surface area (TPSA) is 82.2 Å². The highest BCUT2D eigenvalue weighted by Crippen LogP contribution is 2.57. The Hall–Kier alpha value is -1.72. The van der Waals surface area contributed by atoms with Gasteiger partial charge < -0.3 is 15.8 Å². The number of nitrogens with one attached hydrogen (secondary N) is 1. The number of aromatic nitrogens is 2. The molecule has 0 aliphatic heterocycles. The van der Waals surface area contributed by atoms with Crippen molar-refractivity contribution in [1.29, 1.82) is 0 Å². The first-order chi connectivity index (χ1) is 11.7. The minimum atomic E-state index is -0.240. The van der Waals surface area contributed by atoms with Crippen LogP contribution in [-0.4, -0.2) is 27.5 Å². The maximum atomic E-state index is 12.2. The maximum Gasteiger partial charge on any atom is 0.407 e. The van der Waals surface area contributed by atoms with Gasteiger partial charge in [0.1, 0.15) is 11.9 Å². The van der Waals surface area contributed by atoms with Gasteiger partial charge in [-0.3, -0.25) is 0 Å². The molecule has 1 amide bonds. The van der Waals surface area contributed by atoms with Gasteiger partial charge in [-0.25, -0.2) is 9.48 Å². The Balaban J connectivity index is 1.38. The Morgan fingerprint density at radius 2 is 2.04 bits per heavy atom. The van der Waals surface area contributed by atoms with E-state index in [0.29, 0.717) is 17.7 Å². The molecule has 5 rings (SSSR count). The van der Waals surface area contributed by atoms with Crippen LogP contribution in [0.5, 0.6) is 0 Å². The smallest absolute Gasteiger partial charge is 0.407 e. The molecule has 138 valence electrons. The molecule has 1 heterocycles. The standard InChI is InChI=1S/C19H30N4O2/c1-11-5-13(14-7-16(20)23(22-14)18(2,3)4)6-15(11)25-17(24)21-19-8-12(9-19)10-19/h7,11-13,15H,5-6,8-10,20H2,1-4H3,(H,21,24). The number of carbonyl (C=O) groups excluding carboxylic acids is 1. The van der Waals surface area contributed by atoms with E-state index in [1.165, 1.54) is 0 Å². The van der Waals surface area contributed by atoms with E-state index in [0.717, 1.165) is 43.7 Å². The molecule has 3 unspecified atom stereocenters. The summed E-state index contributed by atoms with van der Waals surface area (Å²) in [4.78, 5) is 12.2. The van der Waals surface area contributed by atoms with Gasteiger partial charge in [0.2, 0.25) is 0 Å². The summed E-state index contributed by atoms with van der Waals surface area (Å²) in [5.41, 5.74) is 7.10. The average molecular weight is 346 g/mol. The molecular weight excluding hydrogens is 316 g/mol. The molecule has 4 fully saturated rings. The third kappa shape index (κ3) is 2.89. The monoisotopic (exact) mass is 346 g/mol. The molecule has 1 aromatic rings. The van der Waals surface area contributed by atoms with Crippen molar-refractivity contribution in [2.24, 2.45) is 11.8 Å². The molecule has 3 N–H and O–H groups in total. The predicted molar refractivity (Wildman–Crippen MR) is 96.3 cm³/mol. The fourth-order valence-corrected chi connectivity index (χ4v) is 4.78. The Kier molecular flexibility index (Phi) is 3.61. The molecule has 25 heavy (non-hydrogen) atoms. The van der Waals surface area contributed by atoms with Crippen LogP contribution >= 0.6 is 0 Å². The van der Waals surface area contributed by atoms with Crippen LogP contribution in [0.4, 0.5) is 10.6 Å². The fourth-order valence-electron chi connectivity index (χ4n) is 4.78. The van der Waals surface area contributed by atoms with E-state index in [4.69, 9.17) is 15.6 Å². The number of rotatable bonds is 3. The Labute approximate surface area is 149 Å². The molecular formula is C19H30N4O2. The first-order valence-electron chi connectivity index (χ1n) is 9.50. The third-order valence-electron chi connectivity index (χ3n) is 6.28. The first-order valence-corrected chi connectivity index (χ1v) is 9.50. The van der Waals surface area contributed by atoms with E-state index in [2.05, 4.69) is 33.0 Å². The second-order valence-corrected chi connectivity index (χ2v) is 9.55. The minimum absolute atomic E-state index is 0.0432. The molecule has 2 bridgehead atoms. The molecule has 6 nitrogen and oxygen atoms in total. The number of alkyl carbamates (subject to hydrolysis) is 1. The number of nitrogen functional groups attached to an aromatic ring is 1. The summed E-state index contributed by atoms with van der Waals surface area (Å²) in [6.45, 7) is 8.44. The van der Waals surface area contributed by atoms with E-state index >= 15 is 0 Å². The summed E-state index contributed by atoms with van der Waals surface area (Å²) in [5.74, 6) is 2.18. The van der Waals surface area contributed by atoms with Crippen molar-refractivity contribution in [3.8, 4) is 0 Å². The zero-order chi connectivity index (χ0) is 18.0. The number of hydrogen-bond acceptors (Lipinski definition) is 4. The lowest BCUT2D eigenvalue weighted by Crippen LogP contribution is -2.68. The van der Waals surface area contributed by atoms with Gasteiger partial charge in [-0.1, -0.05) is 6.92 Å². The van der Waals surface area contributed by atoms with E-state index in [-0.39, 0.29) is 23.3 Å². The molecule has 0 spiro atoms. The predicted octanol–water partition coefficient (Wildman–Crippen LogP) is 3.38. The van der Waals surface area contributed by atoms with Crippen molar-refractivity contribution in [1.82, 2.24) is 15.1 Å². The number of anilines is 1. The van der Waals surface area contributed by atoms with Gasteiger partial charge in [0.15, 0.2) is 0 Å². The van der Waals surface area contributed by atoms with E-state index in [9.17, 15) is 4.79 Å². The van der Waals surface area contributed by atoms with Crippen LogP contribution < -0.4 is 11.1 Å². The summed E-state index contributed by atoms with van der Waals surface area (Å²) < 4.78 is 7.65. The Morgan fingerprint density at radius 1 is 1.36 bits per heavy atom. The maximum absolute atomic E-state index is 12.2. The number of nitrogens with two attached hydrogens (primary N) is 1. The second kappa shape index (κ2) is 5.39. The average Bonchev–Trinajstić information content (AvgIpc) is 2.96. The number of carbonyl (C=O) groups is 1. The zero-order valence-electron chi connectivity index (χ0n) is 15.7. The molecule has 0 saturated heterocycles. The van der Waals surface area contributed by atoms with Crippen molar-refractivity contribution in [2.45, 2.75) is 82.9 Å². The Bertz CT molecular complexity index is 673. The van der Waals surface area contributed by atoms with Crippen LogP contribution in [0.15, 0.2) is 6.07 Å². The molecule has 0 radical (unpaired) electrons. The fraction of sp³-hybridized carbons (Fsp3) is 0.789. The summed E-state index contributed by atoms with van der Waals surface area (Å²) >= 11 is 0. The quantitative estimate of drug-likeness (QED) is 0.879. The van der Waals surface area contributed by atoms with Crippen LogP contribution in [-0.2, 0) is 10.3 Å². The van der Waals surface area contributed by atoms with Crippen molar-refractivity contribution >= 4 is 11.9 Å². The number of ether oxygens (including phenoxy) is 1. The molecule has 4 saturated carbocycles. The SMILES string of the molecule is CC1CC(c2cc(N)n(C(C)(C)C)n2)CC1OC(=O)NC12CC(C1)C2. The van der Waals surface area contributed by atoms with Crippen molar-refractivity contribution in [3.63, 3.8) is 0 Å². The van der Waals surface area contributed by atoms with Gasteiger partial charge >= 0.3 is 6.09 Å². The highest BCUT2D eigenvalue weighted by molar-refractivity contribution is 5.69. The number of nitrogens with zero attached hydrogens (tertiary/aromatic N) is 2. The molecule has 4 aliphatic rings. The molecule has 6 heteroatoms. The summed E-state index contributed by atoms with van der Waals surface area (Å²) in [5, 5.41) is 7.83. The van der Waals surface area contributed by atoms with E-state index in [1.54, 1.807) is 0 Å². The van der Waals surface area contributed by atoms with Gasteiger partial charge in [-0.15, -0.1) is 0 Å². The highest BCUT2D eigenvalue weighted by atomic mass is 16.6. The summed E-state index contributed by atoms with van der Waals surface area (Å²) in [6.07, 6.45) is 4.92. The molecule has 0 aromatic carbocycles. The normalized spacial score (nSPS) is 36.5. The van der Waals surface area contributed by atoms with Crippen LogP contribution in [0.1, 0.15) is 71.4 Å². The molecule has 4 aliphatic carbocycles. The lowest BCUT2D eigenvalue weighted by molar-refractivity contribution is -0.0520. The Morgan fingerprint density at radius 3 is 2.56 bits per heavy atom. The summed E-state index contributed by atoms with van der Waals surface area (Å²) in [6, 6.07) is 1.98. The van der Waals surface area contributed by atoms with Crippen molar-refractivity contribution in [3.05, 3.63) is 11.8 Å². The van der Waals surface area contributed by atoms with Gasteiger partial charge in [0.05, 0.1) is 11.2 Å². The van der Waals surface area contributed by atoms with Crippen LogP contribution in [0.25, 0.3) is 0 Å². The van der Waals surface area contributed by atoms with Crippen LogP contribution in [0, 0.1) is 11.8 Å². The lowest BCUT2D eigenvalue weighted by atomic mass is 9.50. The van der Waals surface area contributed by atoms with Gasteiger partial charge in [-0.2, -0.15) is 5.10 Å².